The van der Waals surface area contributed by atoms with Gasteiger partial charge in [0.15, 0.2) is 0 Å². The van der Waals surface area contributed by atoms with Crippen LogP contribution in [0.2, 0.25) is 0 Å². The number of hydrogen-bond acceptors (Lipinski definition) is 2. The SMILES string of the molecule is N#CCc1ccc(-c2ccccc2)o1. The Morgan fingerprint density at radius 1 is 1.07 bits per heavy atom. The average Bonchev–Trinajstić information content (AvgIpc) is 2.68. The zero-order valence-electron chi connectivity index (χ0n) is 7.60. The van der Waals surface area contributed by atoms with Crippen LogP contribution in [0.25, 0.3) is 11.3 Å². The molecule has 1 heterocycles. The Hall–Kier alpha value is -2.01. The number of nitrogens with zero attached hydrogens (tertiary/aromatic N) is 1. The van der Waals surface area contributed by atoms with E-state index in [4.69, 9.17) is 9.68 Å². The summed E-state index contributed by atoms with van der Waals surface area (Å²) in [6, 6.07) is 15.6. The lowest BCUT2D eigenvalue weighted by Gasteiger charge is -1.94. The van der Waals surface area contributed by atoms with Crippen molar-refractivity contribution in [3.05, 3.63) is 48.2 Å². The molecule has 2 aromatic rings. The van der Waals surface area contributed by atoms with Crippen molar-refractivity contribution in [3.8, 4) is 17.4 Å². The van der Waals surface area contributed by atoms with E-state index in [9.17, 15) is 0 Å². The predicted molar refractivity (Wildman–Crippen MR) is 53.5 cm³/mol. The van der Waals surface area contributed by atoms with Crippen LogP contribution in [-0.4, -0.2) is 0 Å². The van der Waals surface area contributed by atoms with E-state index in [1.54, 1.807) is 0 Å². The second-order valence-electron chi connectivity index (χ2n) is 2.97. The molecular weight excluding hydrogens is 174 g/mol. The maximum Gasteiger partial charge on any atom is 0.134 e. The summed E-state index contributed by atoms with van der Waals surface area (Å²) in [7, 11) is 0. The molecule has 2 rings (SSSR count). The van der Waals surface area contributed by atoms with Crippen molar-refractivity contribution in [1.82, 2.24) is 0 Å². The minimum Gasteiger partial charge on any atom is -0.460 e. The summed E-state index contributed by atoms with van der Waals surface area (Å²) in [6.07, 6.45) is 0.326. The number of hydrogen-bond donors (Lipinski definition) is 0. The topological polar surface area (TPSA) is 36.9 Å². The highest BCUT2D eigenvalue weighted by molar-refractivity contribution is 5.57. The van der Waals surface area contributed by atoms with Crippen molar-refractivity contribution in [1.29, 1.82) is 5.26 Å². The van der Waals surface area contributed by atoms with Crippen molar-refractivity contribution in [2.75, 3.05) is 0 Å². The third kappa shape index (κ3) is 1.67. The lowest BCUT2D eigenvalue weighted by molar-refractivity contribution is 0.538. The van der Waals surface area contributed by atoms with Crippen LogP contribution in [0, 0.1) is 11.3 Å². The molecule has 0 saturated carbocycles. The van der Waals surface area contributed by atoms with Gasteiger partial charge in [-0.2, -0.15) is 5.26 Å². The Labute approximate surface area is 82.4 Å². The van der Waals surface area contributed by atoms with Crippen LogP contribution in [0.3, 0.4) is 0 Å². The van der Waals surface area contributed by atoms with Gasteiger partial charge in [-0.25, -0.2) is 0 Å². The molecule has 0 amide bonds. The number of rotatable bonds is 2. The summed E-state index contributed by atoms with van der Waals surface area (Å²) in [5, 5.41) is 8.49. The molecular formula is C12H9NO. The van der Waals surface area contributed by atoms with Gasteiger partial charge in [0.05, 0.1) is 12.5 Å². The summed E-state index contributed by atoms with van der Waals surface area (Å²) in [5.74, 6) is 1.53. The molecule has 0 spiro atoms. The zero-order chi connectivity index (χ0) is 9.80. The van der Waals surface area contributed by atoms with Crippen molar-refractivity contribution in [2.24, 2.45) is 0 Å². The van der Waals surface area contributed by atoms with Gasteiger partial charge in [-0.05, 0) is 12.1 Å². The van der Waals surface area contributed by atoms with Gasteiger partial charge < -0.3 is 4.42 Å². The van der Waals surface area contributed by atoms with Crippen LogP contribution in [0.1, 0.15) is 5.76 Å². The van der Waals surface area contributed by atoms with Crippen LogP contribution in [0.4, 0.5) is 0 Å². The van der Waals surface area contributed by atoms with Gasteiger partial charge in [-0.15, -0.1) is 0 Å². The van der Waals surface area contributed by atoms with Gasteiger partial charge in [-0.3, -0.25) is 0 Å². The van der Waals surface area contributed by atoms with Gasteiger partial charge in [0.1, 0.15) is 11.5 Å². The Bertz CT molecular complexity index is 451. The molecule has 0 aliphatic rings. The maximum atomic E-state index is 8.49. The molecule has 0 aliphatic heterocycles. The van der Waals surface area contributed by atoms with Gasteiger partial charge in [0.25, 0.3) is 0 Å². The smallest absolute Gasteiger partial charge is 0.134 e. The fourth-order valence-electron chi connectivity index (χ4n) is 1.31. The first-order valence-electron chi connectivity index (χ1n) is 4.41. The van der Waals surface area contributed by atoms with E-state index < -0.39 is 0 Å². The molecule has 0 unspecified atom stereocenters. The second-order valence-corrected chi connectivity index (χ2v) is 2.97. The molecule has 0 radical (unpaired) electrons. The van der Waals surface area contributed by atoms with Crippen LogP contribution in [-0.2, 0) is 6.42 Å². The lowest BCUT2D eigenvalue weighted by Crippen LogP contribution is -1.73. The van der Waals surface area contributed by atoms with E-state index in [-0.39, 0.29) is 0 Å². The molecule has 0 N–H and O–H groups in total. The lowest BCUT2D eigenvalue weighted by atomic mass is 10.2. The molecule has 0 fully saturated rings. The van der Waals surface area contributed by atoms with E-state index >= 15 is 0 Å². The minimum absolute atomic E-state index is 0.326. The normalized spacial score (nSPS) is 9.64. The van der Waals surface area contributed by atoms with Gasteiger partial charge in [0.2, 0.25) is 0 Å². The van der Waals surface area contributed by atoms with Crippen molar-refractivity contribution in [3.63, 3.8) is 0 Å². The van der Waals surface area contributed by atoms with Crippen molar-refractivity contribution in [2.45, 2.75) is 6.42 Å². The molecule has 0 saturated heterocycles. The quantitative estimate of drug-likeness (QED) is 0.717. The van der Waals surface area contributed by atoms with E-state index in [1.165, 1.54) is 0 Å². The van der Waals surface area contributed by atoms with Gasteiger partial charge in [-0.1, -0.05) is 30.3 Å². The highest BCUT2D eigenvalue weighted by Gasteiger charge is 2.02. The third-order valence-corrected chi connectivity index (χ3v) is 1.97. The highest BCUT2D eigenvalue weighted by Crippen LogP contribution is 2.21. The maximum absolute atomic E-state index is 8.49. The van der Waals surface area contributed by atoms with Crippen molar-refractivity contribution >= 4 is 0 Å². The number of furan rings is 1. The summed E-state index contributed by atoms with van der Waals surface area (Å²) < 4.78 is 5.49. The molecule has 14 heavy (non-hydrogen) atoms. The van der Waals surface area contributed by atoms with Crippen molar-refractivity contribution < 1.29 is 4.42 Å². The molecule has 68 valence electrons. The Morgan fingerprint density at radius 2 is 1.86 bits per heavy atom. The summed E-state index contributed by atoms with van der Waals surface area (Å²) in [5.41, 5.74) is 1.04. The molecule has 1 aromatic carbocycles. The predicted octanol–water partition coefficient (Wildman–Crippen LogP) is 3.01. The van der Waals surface area contributed by atoms with E-state index in [0.29, 0.717) is 12.2 Å². The first kappa shape index (κ1) is 8.58. The van der Waals surface area contributed by atoms with Crippen LogP contribution in [0.15, 0.2) is 46.9 Å². The monoisotopic (exact) mass is 183 g/mol. The fraction of sp³-hybridized carbons (Fsp3) is 0.0833. The summed E-state index contributed by atoms with van der Waals surface area (Å²) >= 11 is 0. The average molecular weight is 183 g/mol. The van der Waals surface area contributed by atoms with Gasteiger partial charge in [0, 0.05) is 5.56 Å². The molecule has 2 heteroatoms. The Kier molecular flexibility index (Phi) is 2.33. The molecule has 0 aliphatic carbocycles. The largest absolute Gasteiger partial charge is 0.460 e. The fourth-order valence-corrected chi connectivity index (χ4v) is 1.31. The zero-order valence-corrected chi connectivity index (χ0v) is 7.60. The first-order chi connectivity index (χ1) is 6.90. The Morgan fingerprint density at radius 3 is 2.57 bits per heavy atom. The van der Waals surface area contributed by atoms with Gasteiger partial charge >= 0.3 is 0 Å². The molecule has 2 nitrogen and oxygen atoms in total. The summed E-state index contributed by atoms with van der Waals surface area (Å²) in [6.45, 7) is 0. The molecule has 1 aromatic heterocycles. The van der Waals surface area contributed by atoms with E-state index in [0.717, 1.165) is 11.3 Å². The van der Waals surface area contributed by atoms with E-state index in [1.807, 2.05) is 42.5 Å². The third-order valence-electron chi connectivity index (χ3n) is 1.97. The van der Waals surface area contributed by atoms with Crippen LogP contribution in [0.5, 0.6) is 0 Å². The highest BCUT2D eigenvalue weighted by atomic mass is 16.3. The van der Waals surface area contributed by atoms with E-state index in [2.05, 4.69) is 6.07 Å². The number of benzene rings is 1. The number of nitriles is 1. The Balaban J connectivity index is 2.31. The molecule has 0 atom stereocenters. The van der Waals surface area contributed by atoms with Crippen LogP contribution < -0.4 is 0 Å². The van der Waals surface area contributed by atoms with Crippen LogP contribution >= 0.6 is 0 Å². The first-order valence-corrected chi connectivity index (χ1v) is 4.41. The standard InChI is InChI=1S/C12H9NO/c13-9-8-11-6-7-12(14-11)10-4-2-1-3-5-10/h1-7H,8H2. The molecule has 0 bridgehead atoms. The second kappa shape index (κ2) is 3.80. The minimum atomic E-state index is 0.326. The summed E-state index contributed by atoms with van der Waals surface area (Å²) in [4.78, 5) is 0.